The predicted octanol–water partition coefficient (Wildman–Crippen LogP) is 4.40. The van der Waals surface area contributed by atoms with Gasteiger partial charge in [0, 0.05) is 0 Å². The Kier molecular flexibility index (Phi) is 4.85. The van der Waals surface area contributed by atoms with E-state index in [1.54, 1.807) is 37.3 Å². The topological polar surface area (TPSA) is 26.3 Å². The first-order valence-corrected chi connectivity index (χ1v) is 6.82. The zero-order valence-corrected chi connectivity index (χ0v) is 11.9. The van der Waals surface area contributed by atoms with Crippen molar-refractivity contribution in [3.63, 3.8) is 0 Å². The number of carbonyl (C=O) groups is 1. The van der Waals surface area contributed by atoms with Crippen molar-refractivity contribution in [2.75, 3.05) is 6.61 Å². The van der Waals surface area contributed by atoms with Crippen molar-refractivity contribution < 1.29 is 22.7 Å². The number of carbonyl (C=O) groups excluding carboxylic acids is 1. The average Bonchev–Trinajstić information content (AvgIpc) is 2.48. The monoisotopic (exact) mass is 308 g/mol. The predicted molar refractivity (Wildman–Crippen MR) is 76.4 cm³/mol. The van der Waals surface area contributed by atoms with Crippen LogP contribution in [0.3, 0.4) is 0 Å². The maximum Gasteiger partial charge on any atom is 0.416 e. The maximum atomic E-state index is 12.6. The fourth-order valence-electron chi connectivity index (χ4n) is 2.20. The van der Waals surface area contributed by atoms with Gasteiger partial charge in [0.05, 0.1) is 12.2 Å². The fraction of sp³-hybridized carbons (Fsp3) is 0.235. The molecule has 2 rings (SSSR count). The Balaban J connectivity index is 2.39. The molecule has 0 amide bonds. The number of hydrogen-bond donors (Lipinski definition) is 0. The molecule has 2 nitrogen and oxygen atoms in total. The van der Waals surface area contributed by atoms with E-state index in [1.165, 1.54) is 12.1 Å². The van der Waals surface area contributed by atoms with Gasteiger partial charge in [-0.3, -0.25) is 4.79 Å². The lowest BCUT2D eigenvalue weighted by Gasteiger charge is -2.17. The highest BCUT2D eigenvalue weighted by atomic mass is 19.4. The highest BCUT2D eigenvalue weighted by Gasteiger charge is 2.31. The van der Waals surface area contributed by atoms with Crippen molar-refractivity contribution in [2.45, 2.75) is 19.0 Å². The van der Waals surface area contributed by atoms with Crippen molar-refractivity contribution >= 4 is 5.97 Å². The molecule has 0 N–H and O–H groups in total. The Labute approximate surface area is 126 Å². The molecule has 1 unspecified atom stereocenters. The molecule has 0 spiro atoms. The van der Waals surface area contributed by atoms with E-state index >= 15 is 0 Å². The minimum absolute atomic E-state index is 0.211. The molecular weight excluding hydrogens is 293 g/mol. The minimum Gasteiger partial charge on any atom is -0.465 e. The van der Waals surface area contributed by atoms with Gasteiger partial charge in [-0.05, 0) is 30.2 Å². The molecule has 0 saturated carbocycles. The second-order valence-electron chi connectivity index (χ2n) is 4.72. The van der Waals surface area contributed by atoms with Crippen LogP contribution in [-0.4, -0.2) is 12.6 Å². The van der Waals surface area contributed by atoms with Crippen molar-refractivity contribution in [1.82, 2.24) is 0 Å². The summed E-state index contributed by atoms with van der Waals surface area (Å²) < 4.78 is 42.9. The van der Waals surface area contributed by atoms with Gasteiger partial charge in [-0.2, -0.15) is 13.2 Å². The summed E-state index contributed by atoms with van der Waals surface area (Å²) in [4.78, 5) is 12.2. The molecule has 0 aliphatic heterocycles. The van der Waals surface area contributed by atoms with Crippen molar-refractivity contribution in [3.8, 4) is 0 Å². The molecular formula is C17H15F3O2. The first-order valence-electron chi connectivity index (χ1n) is 6.82. The summed E-state index contributed by atoms with van der Waals surface area (Å²) in [5.41, 5.74) is 0.408. The summed E-state index contributed by atoms with van der Waals surface area (Å²) in [6.45, 7) is 1.90. The van der Waals surface area contributed by atoms with Crippen molar-refractivity contribution in [2.24, 2.45) is 0 Å². The first kappa shape index (κ1) is 16.1. The number of esters is 1. The van der Waals surface area contributed by atoms with Crippen molar-refractivity contribution in [3.05, 3.63) is 71.3 Å². The summed E-state index contributed by atoms with van der Waals surface area (Å²) in [5.74, 6) is -1.21. The normalized spacial score (nSPS) is 12.7. The molecule has 0 aliphatic rings. The van der Waals surface area contributed by atoms with Gasteiger partial charge in [0.15, 0.2) is 0 Å². The number of halogens is 3. The molecule has 5 heteroatoms. The Morgan fingerprint density at radius 2 is 1.55 bits per heavy atom. The van der Waals surface area contributed by atoms with E-state index in [-0.39, 0.29) is 6.61 Å². The van der Waals surface area contributed by atoms with Crippen molar-refractivity contribution in [1.29, 1.82) is 0 Å². The van der Waals surface area contributed by atoms with E-state index in [2.05, 4.69) is 0 Å². The number of ether oxygens (including phenoxy) is 1. The van der Waals surface area contributed by atoms with Crippen LogP contribution in [-0.2, 0) is 15.7 Å². The smallest absolute Gasteiger partial charge is 0.416 e. The second kappa shape index (κ2) is 6.64. The highest BCUT2D eigenvalue weighted by Crippen LogP contribution is 2.32. The van der Waals surface area contributed by atoms with E-state index in [4.69, 9.17) is 4.74 Å². The molecule has 0 fully saturated rings. The van der Waals surface area contributed by atoms with E-state index in [9.17, 15) is 18.0 Å². The van der Waals surface area contributed by atoms with Crippen LogP contribution < -0.4 is 0 Å². The standard InChI is InChI=1S/C17H15F3O2/c1-2-22-16(21)15(12-6-4-3-5-7-12)13-8-10-14(11-9-13)17(18,19)20/h3-11,15H,2H2,1H3. The Morgan fingerprint density at radius 1 is 1.00 bits per heavy atom. The molecule has 2 aromatic carbocycles. The van der Waals surface area contributed by atoms with E-state index in [0.29, 0.717) is 11.1 Å². The first-order chi connectivity index (χ1) is 10.4. The molecule has 0 aromatic heterocycles. The van der Waals surface area contributed by atoms with Crippen LogP contribution >= 0.6 is 0 Å². The minimum atomic E-state index is -4.40. The zero-order valence-electron chi connectivity index (χ0n) is 11.9. The summed E-state index contributed by atoms with van der Waals surface area (Å²) >= 11 is 0. The molecule has 116 valence electrons. The molecule has 1 atom stereocenters. The number of rotatable bonds is 4. The zero-order chi connectivity index (χ0) is 16.2. The quantitative estimate of drug-likeness (QED) is 0.783. The second-order valence-corrected chi connectivity index (χ2v) is 4.72. The van der Waals surface area contributed by atoms with Gasteiger partial charge in [0.2, 0.25) is 0 Å². The van der Waals surface area contributed by atoms with Crippen LogP contribution in [0.1, 0.15) is 29.5 Å². The van der Waals surface area contributed by atoms with Crippen LogP contribution in [0, 0.1) is 0 Å². The SMILES string of the molecule is CCOC(=O)C(c1ccccc1)c1ccc(C(F)(F)F)cc1. The van der Waals surface area contributed by atoms with Crippen LogP contribution in [0.2, 0.25) is 0 Å². The average molecular weight is 308 g/mol. The Hall–Kier alpha value is -2.30. The third kappa shape index (κ3) is 3.67. The van der Waals surface area contributed by atoms with Crippen LogP contribution in [0.4, 0.5) is 13.2 Å². The Bertz CT molecular complexity index is 619. The summed E-state index contributed by atoms with van der Waals surface area (Å²) in [6.07, 6.45) is -4.40. The molecule has 0 heterocycles. The number of benzene rings is 2. The van der Waals surface area contributed by atoms with Gasteiger partial charge in [-0.15, -0.1) is 0 Å². The number of hydrogen-bond acceptors (Lipinski definition) is 2. The maximum absolute atomic E-state index is 12.6. The summed E-state index contributed by atoms with van der Waals surface area (Å²) in [5, 5.41) is 0. The van der Waals surface area contributed by atoms with Gasteiger partial charge in [0.1, 0.15) is 5.92 Å². The van der Waals surface area contributed by atoms with Gasteiger partial charge < -0.3 is 4.74 Å². The lowest BCUT2D eigenvalue weighted by molar-refractivity contribution is -0.143. The summed E-state index contributed by atoms with van der Waals surface area (Å²) in [6, 6.07) is 13.4. The largest absolute Gasteiger partial charge is 0.465 e. The molecule has 0 bridgehead atoms. The Morgan fingerprint density at radius 3 is 2.05 bits per heavy atom. The van der Waals surface area contributed by atoms with Gasteiger partial charge in [0.25, 0.3) is 0 Å². The molecule has 0 aliphatic carbocycles. The summed E-state index contributed by atoms with van der Waals surface area (Å²) in [7, 11) is 0. The lowest BCUT2D eigenvalue weighted by atomic mass is 9.91. The third-order valence-corrected chi connectivity index (χ3v) is 3.23. The van der Waals surface area contributed by atoms with Gasteiger partial charge >= 0.3 is 12.1 Å². The third-order valence-electron chi connectivity index (χ3n) is 3.23. The van der Waals surface area contributed by atoms with E-state index in [1.807, 2.05) is 0 Å². The van der Waals surface area contributed by atoms with E-state index in [0.717, 1.165) is 12.1 Å². The van der Waals surface area contributed by atoms with E-state index < -0.39 is 23.6 Å². The molecule has 2 aromatic rings. The van der Waals surface area contributed by atoms with Crippen LogP contribution in [0.25, 0.3) is 0 Å². The molecule has 22 heavy (non-hydrogen) atoms. The van der Waals surface area contributed by atoms with Gasteiger partial charge in [-0.25, -0.2) is 0 Å². The van der Waals surface area contributed by atoms with Crippen LogP contribution in [0.15, 0.2) is 54.6 Å². The lowest BCUT2D eigenvalue weighted by Crippen LogP contribution is -2.17. The van der Waals surface area contributed by atoms with Gasteiger partial charge in [-0.1, -0.05) is 42.5 Å². The fourth-order valence-corrected chi connectivity index (χ4v) is 2.20. The van der Waals surface area contributed by atoms with Crippen LogP contribution in [0.5, 0.6) is 0 Å². The highest BCUT2D eigenvalue weighted by molar-refractivity contribution is 5.82. The molecule has 0 saturated heterocycles. The number of alkyl halides is 3. The molecule has 0 radical (unpaired) electrons.